The summed E-state index contributed by atoms with van der Waals surface area (Å²) in [5.74, 6) is -1.29. The fourth-order valence-electron chi connectivity index (χ4n) is 3.15. The zero-order valence-corrected chi connectivity index (χ0v) is 15.1. The molecule has 1 atom stereocenters. The molecule has 1 unspecified atom stereocenters. The Balaban J connectivity index is 1.40. The average Bonchev–Trinajstić information content (AvgIpc) is 3.32. The molecule has 0 aliphatic carbocycles. The van der Waals surface area contributed by atoms with Gasteiger partial charge in [-0.3, -0.25) is 19.3 Å². The molecule has 2 aromatic carbocycles. The molecule has 0 bridgehead atoms. The minimum Gasteiger partial charge on any atom is -0.348 e. The lowest BCUT2D eigenvalue weighted by Crippen LogP contribution is -2.41. The third kappa shape index (κ3) is 3.16. The molecule has 8 heteroatoms. The fourth-order valence-corrected chi connectivity index (χ4v) is 3.15. The third-order valence-electron chi connectivity index (χ3n) is 4.63. The fraction of sp³-hybridized carbons (Fsp3) is 0.150. The second-order valence-corrected chi connectivity index (χ2v) is 6.46. The molecule has 1 aliphatic rings. The molecule has 2 heterocycles. The topological polar surface area (TPSA) is 97.2 Å². The van der Waals surface area contributed by atoms with Crippen molar-refractivity contribution in [3.8, 4) is 5.69 Å². The van der Waals surface area contributed by atoms with Crippen LogP contribution in [0.2, 0.25) is 0 Å². The van der Waals surface area contributed by atoms with Gasteiger partial charge in [-0.2, -0.15) is 5.10 Å². The number of aromatic nitrogens is 3. The SMILES string of the molecule is CC(NC(=O)CN1C(=O)c2ccccc2C1=O)c1ccc(-n2cncn2)cc1. The lowest BCUT2D eigenvalue weighted by Gasteiger charge is -2.18. The van der Waals surface area contributed by atoms with E-state index >= 15 is 0 Å². The lowest BCUT2D eigenvalue weighted by molar-refractivity contribution is -0.122. The molecule has 4 rings (SSSR count). The Morgan fingerprint density at radius 2 is 1.68 bits per heavy atom. The Bertz CT molecular complexity index is 1010. The van der Waals surface area contributed by atoms with Crippen molar-refractivity contribution in [1.29, 1.82) is 0 Å². The minimum absolute atomic E-state index is 0.285. The maximum absolute atomic E-state index is 12.4. The van der Waals surface area contributed by atoms with Gasteiger partial charge in [0.2, 0.25) is 5.91 Å². The molecule has 28 heavy (non-hydrogen) atoms. The van der Waals surface area contributed by atoms with E-state index in [0.717, 1.165) is 16.2 Å². The van der Waals surface area contributed by atoms with Crippen molar-refractivity contribution in [3.05, 3.63) is 77.9 Å². The molecule has 1 aromatic heterocycles. The molecule has 0 fully saturated rings. The van der Waals surface area contributed by atoms with Crippen molar-refractivity contribution in [3.63, 3.8) is 0 Å². The Morgan fingerprint density at radius 3 is 2.25 bits per heavy atom. The summed E-state index contributed by atoms with van der Waals surface area (Å²) in [6, 6.07) is 13.8. The molecule has 3 amide bonds. The Kier molecular flexibility index (Phi) is 4.44. The highest BCUT2D eigenvalue weighted by atomic mass is 16.2. The summed E-state index contributed by atoms with van der Waals surface area (Å²) in [6.07, 6.45) is 3.05. The number of fused-ring (bicyclic) bond motifs is 1. The van der Waals surface area contributed by atoms with Crippen LogP contribution >= 0.6 is 0 Å². The maximum atomic E-state index is 12.4. The van der Waals surface area contributed by atoms with Gasteiger partial charge in [-0.05, 0) is 36.8 Å². The monoisotopic (exact) mass is 375 g/mol. The first-order valence-corrected chi connectivity index (χ1v) is 8.74. The summed E-state index contributed by atoms with van der Waals surface area (Å²) >= 11 is 0. The molecule has 0 spiro atoms. The van der Waals surface area contributed by atoms with Gasteiger partial charge in [0.15, 0.2) is 0 Å². The highest BCUT2D eigenvalue weighted by Crippen LogP contribution is 2.22. The molecule has 0 saturated heterocycles. The molecular formula is C20H17N5O3. The first-order valence-electron chi connectivity index (χ1n) is 8.74. The van der Waals surface area contributed by atoms with Crippen LogP contribution in [-0.2, 0) is 4.79 Å². The molecule has 140 valence electrons. The van der Waals surface area contributed by atoms with Gasteiger partial charge in [0.05, 0.1) is 22.9 Å². The standard InChI is InChI=1S/C20H17N5O3/c1-13(14-6-8-15(9-7-14)25-12-21-11-22-25)23-18(26)10-24-19(27)16-4-2-3-5-17(16)20(24)28/h2-9,11-13H,10H2,1H3,(H,23,26). The normalized spacial score (nSPS) is 14.1. The van der Waals surface area contributed by atoms with Crippen LogP contribution in [0.25, 0.3) is 5.69 Å². The first-order chi connectivity index (χ1) is 13.5. The number of carbonyl (C=O) groups is 3. The third-order valence-corrected chi connectivity index (χ3v) is 4.63. The van der Waals surface area contributed by atoms with Crippen LogP contribution < -0.4 is 5.32 Å². The average molecular weight is 375 g/mol. The largest absolute Gasteiger partial charge is 0.348 e. The summed E-state index contributed by atoms with van der Waals surface area (Å²) in [7, 11) is 0. The highest BCUT2D eigenvalue weighted by Gasteiger charge is 2.36. The zero-order valence-electron chi connectivity index (χ0n) is 15.1. The number of imide groups is 1. The number of hydrogen-bond donors (Lipinski definition) is 1. The van der Waals surface area contributed by atoms with Crippen molar-refractivity contribution in [1.82, 2.24) is 25.0 Å². The van der Waals surface area contributed by atoms with Crippen molar-refractivity contribution in [2.45, 2.75) is 13.0 Å². The first kappa shape index (κ1) is 17.6. The second kappa shape index (κ2) is 7.07. The molecule has 0 radical (unpaired) electrons. The molecule has 0 saturated carbocycles. The van der Waals surface area contributed by atoms with E-state index in [4.69, 9.17) is 0 Å². The maximum Gasteiger partial charge on any atom is 0.262 e. The summed E-state index contributed by atoms with van der Waals surface area (Å²) in [6.45, 7) is 1.53. The van der Waals surface area contributed by atoms with E-state index in [1.165, 1.54) is 6.33 Å². The lowest BCUT2D eigenvalue weighted by atomic mass is 10.1. The Hall–Kier alpha value is -3.81. The number of rotatable bonds is 5. The van der Waals surface area contributed by atoms with Gasteiger partial charge in [-0.15, -0.1) is 0 Å². The number of nitrogens with one attached hydrogen (secondary N) is 1. The van der Waals surface area contributed by atoms with Crippen LogP contribution in [-0.4, -0.2) is 43.9 Å². The summed E-state index contributed by atoms with van der Waals surface area (Å²) in [4.78, 5) is 42.0. The minimum atomic E-state index is -0.444. The van der Waals surface area contributed by atoms with Gasteiger partial charge in [0, 0.05) is 0 Å². The van der Waals surface area contributed by atoms with Crippen LogP contribution in [0.1, 0.15) is 39.2 Å². The van der Waals surface area contributed by atoms with Gasteiger partial charge < -0.3 is 5.32 Å². The number of amides is 3. The summed E-state index contributed by atoms with van der Waals surface area (Å²) < 4.78 is 1.63. The van der Waals surface area contributed by atoms with Gasteiger partial charge in [0.1, 0.15) is 19.2 Å². The van der Waals surface area contributed by atoms with E-state index in [1.54, 1.807) is 35.3 Å². The second-order valence-electron chi connectivity index (χ2n) is 6.46. The van der Waals surface area contributed by atoms with Crippen LogP contribution in [0.4, 0.5) is 0 Å². The molecule has 8 nitrogen and oxygen atoms in total. The predicted molar refractivity (Wildman–Crippen MR) is 99.7 cm³/mol. The zero-order chi connectivity index (χ0) is 19.7. The van der Waals surface area contributed by atoms with Crippen LogP contribution in [0.15, 0.2) is 61.2 Å². The van der Waals surface area contributed by atoms with Crippen LogP contribution in [0, 0.1) is 0 Å². The van der Waals surface area contributed by atoms with Gasteiger partial charge in [-0.25, -0.2) is 9.67 Å². The Morgan fingerprint density at radius 1 is 1.04 bits per heavy atom. The molecule has 1 N–H and O–H groups in total. The van der Waals surface area contributed by atoms with E-state index in [9.17, 15) is 14.4 Å². The van der Waals surface area contributed by atoms with Crippen LogP contribution in [0.3, 0.4) is 0 Å². The van der Waals surface area contributed by atoms with E-state index in [0.29, 0.717) is 11.1 Å². The highest BCUT2D eigenvalue weighted by molar-refractivity contribution is 6.22. The van der Waals surface area contributed by atoms with Crippen molar-refractivity contribution >= 4 is 17.7 Å². The van der Waals surface area contributed by atoms with E-state index in [-0.39, 0.29) is 12.6 Å². The predicted octanol–water partition coefficient (Wildman–Crippen LogP) is 1.74. The number of nitrogens with zero attached hydrogens (tertiary/aromatic N) is 4. The Labute approximate surface area is 160 Å². The van der Waals surface area contributed by atoms with Crippen molar-refractivity contribution in [2.75, 3.05) is 6.54 Å². The molecule has 1 aliphatic heterocycles. The quantitative estimate of drug-likeness (QED) is 0.685. The number of carbonyl (C=O) groups excluding carboxylic acids is 3. The summed E-state index contributed by atoms with van der Waals surface area (Å²) in [5, 5.41) is 6.89. The smallest absolute Gasteiger partial charge is 0.262 e. The number of hydrogen-bond acceptors (Lipinski definition) is 5. The van der Waals surface area contributed by atoms with E-state index in [1.807, 2.05) is 31.2 Å². The van der Waals surface area contributed by atoms with Crippen LogP contribution in [0.5, 0.6) is 0 Å². The summed E-state index contributed by atoms with van der Waals surface area (Å²) in [5.41, 5.74) is 2.40. The van der Waals surface area contributed by atoms with E-state index in [2.05, 4.69) is 15.4 Å². The van der Waals surface area contributed by atoms with Gasteiger partial charge in [-0.1, -0.05) is 24.3 Å². The number of benzene rings is 2. The van der Waals surface area contributed by atoms with Gasteiger partial charge in [0.25, 0.3) is 11.8 Å². The van der Waals surface area contributed by atoms with Crippen molar-refractivity contribution in [2.24, 2.45) is 0 Å². The van der Waals surface area contributed by atoms with Gasteiger partial charge >= 0.3 is 0 Å². The molecule has 3 aromatic rings. The molecular weight excluding hydrogens is 358 g/mol. The van der Waals surface area contributed by atoms with Crippen molar-refractivity contribution < 1.29 is 14.4 Å². The van der Waals surface area contributed by atoms with E-state index < -0.39 is 17.7 Å².